The SMILES string of the molecule is O=C(c1n[nH]c2ccccc12)N1CCCCC1c1nc2ccc(F)cc2[nH]1. The van der Waals surface area contributed by atoms with Crippen LogP contribution in [0.1, 0.15) is 41.6 Å². The largest absolute Gasteiger partial charge is 0.340 e. The van der Waals surface area contributed by atoms with E-state index < -0.39 is 0 Å². The van der Waals surface area contributed by atoms with Gasteiger partial charge in [0.1, 0.15) is 11.6 Å². The molecule has 0 spiro atoms. The first-order valence-electron chi connectivity index (χ1n) is 9.10. The average Bonchev–Trinajstić information content (AvgIpc) is 3.31. The van der Waals surface area contributed by atoms with Crippen LogP contribution in [0.3, 0.4) is 0 Å². The molecule has 136 valence electrons. The summed E-state index contributed by atoms with van der Waals surface area (Å²) >= 11 is 0. The Bertz CT molecular complexity index is 1150. The second-order valence-corrected chi connectivity index (χ2v) is 6.91. The van der Waals surface area contributed by atoms with E-state index in [1.54, 1.807) is 6.07 Å². The van der Waals surface area contributed by atoms with Gasteiger partial charge < -0.3 is 9.88 Å². The van der Waals surface area contributed by atoms with E-state index in [4.69, 9.17) is 0 Å². The molecule has 6 nitrogen and oxygen atoms in total. The quantitative estimate of drug-likeness (QED) is 0.566. The number of hydrogen-bond acceptors (Lipinski definition) is 3. The third-order valence-corrected chi connectivity index (χ3v) is 5.21. The van der Waals surface area contributed by atoms with E-state index in [-0.39, 0.29) is 17.8 Å². The summed E-state index contributed by atoms with van der Waals surface area (Å²) in [5, 5.41) is 8.00. The number of carbonyl (C=O) groups is 1. The molecule has 3 heterocycles. The molecule has 1 aliphatic rings. The second kappa shape index (κ2) is 6.19. The van der Waals surface area contributed by atoms with Gasteiger partial charge >= 0.3 is 0 Å². The molecule has 0 aliphatic carbocycles. The second-order valence-electron chi connectivity index (χ2n) is 6.91. The highest BCUT2D eigenvalue weighted by atomic mass is 19.1. The molecular weight excluding hydrogens is 345 g/mol. The highest BCUT2D eigenvalue weighted by Gasteiger charge is 2.32. The van der Waals surface area contributed by atoms with Crippen LogP contribution in [0, 0.1) is 5.82 Å². The van der Waals surface area contributed by atoms with Gasteiger partial charge in [0, 0.05) is 11.9 Å². The molecular formula is C20H18FN5O. The number of H-pyrrole nitrogens is 2. The number of para-hydroxylation sites is 1. The summed E-state index contributed by atoms with van der Waals surface area (Å²) in [5.41, 5.74) is 2.62. The van der Waals surface area contributed by atoms with Crippen molar-refractivity contribution in [2.24, 2.45) is 0 Å². The number of aromatic amines is 2. The van der Waals surface area contributed by atoms with Crippen molar-refractivity contribution in [2.45, 2.75) is 25.3 Å². The maximum atomic E-state index is 13.5. The Morgan fingerprint density at radius 1 is 1.15 bits per heavy atom. The van der Waals surface area contributed by atoms with Crippen molar-refractivity contribution < 1.29 is 9.18 Å². The van der Waals surface area contributed by atoms with Crippen LogP contribution in [-0.2, 0) is 0 Å². The van der Waals surface area contributed by atoms with Gasteiger partial charge in [-0.2, -0.15) is 5.10 Å². The van der Waals surface area contributed by atoms with Gasteiger partial charge in [0.25, 0.3) is 5.91 Å². The van der Waals surface area contributed by atoms with E-state index in [0.717, 1.165) is 30.2 Å². The smallest absolute Gasteiger partial charge is 0.275 e. The standard InChI is InChI=1S/C20H18FN5O/c21-12-8-9-15-16(11-12)23-19(22-15)17-7-3-4-10-26(17)20(27)18-13-5-1-2-6-14(13)24-25-18/h1-2,5-6,8-9,11,17H,3-4,7,10H2,(H,22,23)(H,24,25). The molecule has 0 bridgehead atoms. The zero-order chi connectivity index (χ0) is 18.4. The van der Waals surface area contributed by atoms with Crippen molar-refractivity contribution in [3.8, 4) is 0 Å². The van der Waals surface area contributed by atoms with Crippen LogP contribution >= 0.6 is 0 Å². The summed E-state index contributed by atoms with van der Waals surface area (Å²) in [6.45, 7) is 0.649. The monoisotopic (exact) mass is 363 g/mol. The molecule has 7 heteroatoms. The van der Waals surface area contributed by atoms with Gasteiger partial charge in [0.05, 0.1) is 22.6 Å². The molecule has 1 amide bonds. The van der Waals surface area contributed by atoms with E-state index in [0.29, 0.717) is 29.1 Å². The van der Waals surface area contributed by atoms with E-state index in [1.165, 1.54) is 12.1 Å². The zero-order valence-electron chi connectivity index (χ0n) is 14.6. The van der Waals surface area contributed by atoms with Crippen molar-refractivity contribution >= 4 is 27.8 Å². The molecule has 1 saturated heterocycles. The predicted molar refractivity (Wildman–Crippen MR) is 99.8 cm³/mol. The summed E-state index contributed by atoms with van der Waals surface area (Å²) < 4.78 is 13.5. The number of aromatic nitrogens is 4. The molecule has 1 atom stereocenters. The van der Waals surface area contributed by atoms with Gasteiger partial charge in [0.15, 0.2) is 5.69 Å². The lowest BCUT2D eigenvalue weighted by Crippen LogP contribution is -2.39. The number of carbonyl (C=O) groups excluding carboxylic acids is 1. The predicted octanol–water partition coefficient (Wildman–Crippen LogP) is 3.95. The van der Waals surface area contributed by atoms with Gasteiger partial charge in [0.2, 0.25) is 0 Å². The van der Waals surface area contributed by atoms with Crippen molar-refractivity contribution in [1.29, 1.82) is 0 Å². The van der Waals surface area contributed by atoms with Crippen LogP contribution in [-0.4, -0.2) is 37.5 Å². The van der Waals surface area contributed by atoms with Gasteiger partial charge in [-0.15, -0.1) is 0 Å². The number of rotatable bonds is 2. The maximum absolute atomic E-state index is 13.5. The topological polar surface area (TPSA) is 77.7 Å². The average molecular weight is 363 g/mol. The van der Waals surface area contributed by atoms with Crippen LogP contribution in [0.5, 0.6) is 0 Å². The minimum absolute atomic E-state index is 0.108. The van der Waals surface area contributed by atoms with Crippen molar-refractivity contribution in [1.82, 2.24) is 25.1 Å². The number of fused-ring (bicyclic) bond motifs is 2. The lowest BCUT2D eigenvalue weighted by Gasteiger charge is -2.34. The highest BCUT2D eigenvalue weighted by Crippen LogP contribution is 2.32. The Morgan fingerprint density at radius 2 is 2.04 bits per heavy atom. The molecule has 2 aromatic heterocycles. The number of likely N-dealkylation sites (tertiary alicyclic amines) is 1. The molecule has 2 aromatic carbocycles. The molecule has 27 heavy (non-hydrogen) atoms. The molecule has 0 saturated carbocycles. The molecule has 1 fully saturated rings. The number of amides is 1. The minimum Gasteiger partial charge on any atom is -0.340 e. The van der Waals surface area contributed by atoms with Gasteiger partial charge in [-0.3, -0.25) is 9.89 Å². The molecule has 5 rings (SSSR count). The number of piperidine rings is 1. The van der Waals surface area contributed by atoms with Crippen LogP contribution in [0.25, 0.3) is 21.9 Å². The summed E-state index contributed by atoms with van der Waals surface area (Å²) in [6.07, 6.45) is 2.77. The fraction of sp³-hybridized carbons (Fsp3) is 0.250. The Labute approximate surface area is 154 Å². The Hall–Kier alpha value is -3.22. The third kappa shape index (κ3) is 2.66. The van der Waals surface area contributed by atoms with Crippen LogP contribution < -0.4 is 0 Å². The number of imidazole rings is 1. The zero-order valence-corrected chi connectivity index (χ0v) is 14.6. The number of nitrogens with zero attached hydrogens (tertiary/aromatic N) is 3. The van der Waals surface area contributed by atoms with Gasteiger partial charge in [-0.1, -0.05) is 18.2 Å². The normalized spacial score (nSPS) is 17.7. The number of hydrogen-bond donors (Lipinski definition) is 2. The van der Waals surface area contributed by atoms with Gasteiger partial charge in [-0.25, -0.2) is 9.37 Å². The molecule has 1 unspecified atom stereocenters. The Balaban J connectivity index is 1.54. The Kier molecular flexibility index (Phi) is 3.67. The highest BCUT2D eigenvalue weighted by molar-refractivity contribution is 6.04. The van der Waals surface area contributed by atoms with E-state index >= 15 is 0 Å². The number of benzene rings is 2. The number of halogens is 1. The molecule has 1 aliphatic heterocycles. The lowest BCUT2D eigenvalue weighted by molar-refractivity contribution is 0.0597. The van der Waals surface area contributed by atoms with E-state index in [9.17, 15) is 9.18 Å². The third-order valence-electron chi connectivity index (χ3n) is 5.21. The van der Waals surface area contributed by atoms with Crippen molar-refractivity contribution in [3.63, 3.8) is 0 Å². The van der Waals surface area contributed by atoms with Crippen LogP contribution in [0.2, 0.25) is 0 Å². The fourth-order valence-electron chi connectivity index (χ4n) is 3.88. The van der Waals surface area contributed by atoms with Crippen LogP contribution in [0.15, 0.2) is 42.5 Å². The number of nitrogens with one attached hydrogen (secondary N) is 2. The molecule has 4 aromatic rings. The first-order chi connectivity index (χ1) is 13.2. The summed E-state index contributed by atoms with van der Waals surface area (Å²) in [6, 6.07) is 11.9. The van der Waals surface area contributed by atoms with Crippen molar-refractivity contribution in [3.05, 3.63) is 59.8 Å². The molecule has 0 radical (unpaired) electrons. The van der Waals surface area contributed by atoms with Gasteiger partial charge in [-0.05, 0) is 43.5 Å². The molecule has 2 N–H and O–H groups in total. The Morgan fingerprint density at radius 3 is 2.96 bits per heavy atom. The summed E-state index contributed by atoms with van der Waals surface area (Å²) in [4.78, 5) is 22.9. The first-order valence-corrected chi connectivity index (χ1v) is 9.10. The van der Waals surface area contributed by atoms with Crippen LogP contribution in [0.4, 0.5) is 4.39 Å². The minimum atomic E-state index is -0.308. The maximum Gasteiger partial charge on any atom is 0.275 e. The van der Waals surface area contributed by atoms with E-state index in [1.807, 2.05) is 29.2 Å². The fourth-order valence-corrected chi connectivity index (χ4v) is 3.88. The first kappa shape index (κ1) is 16.0. The summed E-state index contributed by atoms with van der Waals surface area (Å²) in [5.74, 6) is 0.282. The van der Waals surface area contributed by atoms with Crippen molar-refractivity contribution in [2.75, 3.05) is 6.54 Å². The lowest BCUT2D eigenvalue weighted by atomic mass is 10.0. The van der Waals surface area contributed by atoms with E-state index in [2.05, 4.69) is 20.2 Å². The summed E-state index contributed by atoms with van der Waals surface area (Å²) in [7, 11) is 0.